The lowest BCUT2D eigenvalue weighted by molar-refractivity contribution is 0.0595. The first kappa shape index (κ1) is 20.0. The van der Waals surface area contributed by atoms with Crippen LogP contribution in [0.15, 0.2) is 30.6 Å². The Morgan fingerprint density at radius 2 is 2.29 bits per heavy atom. The zero-order chi connectivity index (χ0) is 21.4. The van der Waals surface area contributed by atoms with Crippen molar-refractivity contribution < 1.29 is 18.7 Å². The second kappa shape index (κ2) is 8.32. The van der Waals surface area contributed by atoms with Gasteiger partial charge in [0.05, 0.1) is 19.4 Å². The van der Waals surface area contributed by atoms with Gasteiger partial charge in [-0.3, -0.25) is 0 Å². The smallest absolute Gasteiger partial charge is 0.410 e. The van der Waals surface area contributed by atoms with Gasteiger partial charge < -0.3 is 24.7 Å². The average Bonchev–Trinajstić information content (AvgIpc) is 3.50. The molecule has 3 aromatic rings. The number of anilines is 1. The summed E-state index contributed by atoms with van der Waals surface area (Å²) in [6.45, 7) is 1.99. The van der Waals surface area contributed by atoms with Crippen LogP contribution < -0.4 is 5.32 Å². The van der Waals surface area contributed by atoms with Crippen molar-refractivity contribution in [2.24, 2.45) is 0 Å². The average molecular weight is 446 g/mol. The van der Waals surface area contributed by atoms with E-state index in [1.165, 1.54) is 0 Å². The molecule has 2 aromatic heterocycles. The number of aromatic amines is 1. The van der Waals surface area contributed by atoms with Gasteiger partial charge in [-0.1, -0.05) is 11.6 Å². The molecule has 0 bridgehead atoms. The van der Waals surface area contributed by atoms with Crippen LogP contribution >= 0.6 is 11.6 Å². The van der Waals surface area contributed by atoms with Crippen molar-refractivity contribution >= 4 is 34.4 Å². The lowest BCUT2D eigenvalue weighted by Gasteiger charge is -2.19. The summed E-state index contributed by atoms with van der Waals surface area (Å²) in [5.41, 5.74) is 1.62. The monoisotopic (exact) mass is 445 g/mol. The zero-order valence-electron chi connectivity index (χ0n) is 16.6. The number of rotatable bonds is 4. The number of hydrogen-bond donors (Lipinski definition) is 2. The van der Waals surface area contributed by atoms with Gasteiger partial charge >= 0.3 is 6.09 Å². The topological polar surface area (TPSA) is 92.4 Å². The molecule has 2 fully saturated rings. The summed E-state index contributed by atoms with van der Waals surface area (Å²) in [5.74, 6) is -0.0653. The number of nitrogens with one attached hydrogen (secondary N) is 2. The maximum absolute atomic E-state index is 14.4. The second-order valence-corrected chi connectivity index (χ2v) is 8.16. The number of nitrogens with zero attached hydrogens (tertiary/aromatic N) is 3. The van der Waals surface area contributed by atoms with Crippen molar-refractivity contribution in [2.75, 3.05) is 31.6 Å². The fourth-order valence-corrected chi connectivity index (χ4v) is 4.11. The van der Waals surface area contributed by atoms with Crippen molar-refractivity contribution in [3.8, 4) is 11.4 Å². The Kier molecular flexibility index (Phi) is 5.37. The van der Waals surface area contributed by atoms with Crippen molar-refractivity contribution in [1.29, 1.82) is 0 Å². The Morgan fingerprint density at radius 1 is 1.39 bits per heavy atom. The van der Waals surface area contributed by atoms with E-state index in [-0.39, 0.29) is 24.1 Å². The van der Waals surface area contributed by atoms with E-state index in [2.05, 4.69) is 20.3 Å². The largest absolute Gasteiger partial charge is 0.444 e. The van der Waals surface area contributed by atoms with Gasteiger partial charge in [0.25, 0.3) is 0 Å². The molecule has 31 heavy (non-hydrogen) atoms. The van der Waals surface area contributed by atoms with E-state index in [0.717, 1.165) is 29.1 Å². The van der Waals surface area contributed by atoms with Crippen LogP contribution in [0.3, 0.4) is 0 Å². The minimum Gasteiger partial charge on any atom is -0.444 e. The Labute approximate surface area is 182 Å². The maximum atomic E-state index is 14.4. The number of hydrogen-bond acceptors (Lipinski definition) is 6. The number of amides is 1. The lowest BCUT2D eigenvalue weighted by Crippen LogP contribution is -2.34. The van der Waals surface area contributed by atoms with Crippen LogP contribution in [0.1, 0.15) is 12.8 Å². The van der Waals surface area contributed by atoms with Crippen LogP contribution in [-0.2, 0) is 9.47 Å². The molecule has 5 rings (SSSR count). The van der Waals surface area contributed by atoms with Gasteiger partial charge in [0.1, 0.15) is 6.10 Å². The molecule has 1 amide bonds. The summed E-state index contributed by atoms with van der Waals surface area (Å²) in [7, 11) is 0. The highest BCUT2D eigenvalue weighted by Crippen LogP contribution is 2.30. The maximum Gasteiger partial charge on any atom is 0.410 e. The number of benzene rings is 1. The van der Waals surface area contributed by atoms with Crippen LogP contribution in [0, 0.1) is 5.82 Å². The van der Waals surface area contributed by atoms with Crippen LogP contribution in [0.4, 0.5) is 15.0 Å². The number of carbonyl (C=O) groups excluding carboxylic acids is 1. The third-order valence-corrected chi connectivity index (χ3v) is 5.81. The molecule has 2 aliphatic heterocycles. The number of H-pyrrole nitrogens is 1. The molecule has 0 spiro atoms. The molecule has 4 heterocycles. The molecule has 8 nitrogen and oxygen atoms in total. The fourth-order valence-electron chi connectivity index (χ4n) is 3.94. The number of ether oxygens (including phenoxy) is 2. The van der Waals surface area contributed by atoms with Gasteiger partial charge in [-0.2, -0.15) is 0 Å². The third kappa shape index (κ3) is 4.15. The SMILES string of the molecule is O=C(O[C@H]1CCOC1)N1CC[C@@H](Nc2nc(-c3c[nH]c4ccc(Cl)cc34)ncc2F)C1. The van der Waals surface area contributed by atoms with E-state index in [9.17, 15) is 9.18 Å². The first-order chi connectivity index (χ1) is 15.1. The molecule has 0 aliphatic carbocycles. The molecule has 0 saturated carbocycles. The summed E-state index contributed by atoms with van der Waals surface area (Å²) < 4.78 is 25.1. The summed E-state index contributed by atoms with van der Waals surface area (Å²) >= 11 is 6.12. The standard InChI is InChI=1S/C21H21ClFN5O3/c22-12-1-2-18-15(7-12)16(8-24-18)19-25-9-17(23)20(27-19)26-13-3-5-28(10-13)21(29)31-14-4-6-30-11-14/h1-2,7-9,13-14,24H,3-6,10-11H2,(H,25,26,27)/t13-,14+/m1/s1. The number of halogens is 2. The molecule has 1 aromatic carbocycles. The first-order valence-electron chi connectivity index (χ1n) is 10.2. The highest BCUT2D eigenvalue weighted by Gasteiger charge is 2.30. The van der Waals surface area contributed by atoms with Crippen LogP contribution in [0.2, 0.25) is 5.02 Å². The van der Waals surface area contributed by atoms with Crippen molar-refractivity contribution in [1.82, 2.24) is 19.9 Å². The Balaban J connectivity index is 1.30. The van der Waals surface area contributed by atoms with E-state index >= 15 is 0 Å². The van der Waals surface area contributed by atoms with Gasteiger partial charge in [-0.25, -0.2) is 19.2 Å². The van der Waals surface area contributed by atoms with E-state index in [1.807, 2.05) is 12.1 Å². The molecule has 2 aliphatic rings. The highest BCUT2D eigenvalue weighted by molar-refractivity contribution is 6.31. The van der Waals surface area contributed by atoms with Gasteiger partial charge in [0.15, 0.2) is 17.5 Å². The molecule has 162 valence electrons. The molecule has 2 N–H and O–H groups in total. The number of aromatic nitrogens is 3. The summed E-state index contributed by atoms with van der Waals surface area (Å²) in [4.78, 5) is 25.7. The summed E-state index contributed by atoms with van der Waals surface area (Å²) in [5, 5.41) is 4.56. The molecule has 0 unspecified atom stereocenters. The van der Waals surface area contributed by atoms with Gasteiger partial charge in [-0.05, 0) is 24.6 Å². The van der Waals surface area contributed by atoms with Crippen molar-refractivity contribution in [3.05, 3.63) is 41.4 Å². The fraction of sp³-hybridized carbons (Fsp3) is 0.381. The first-order valence-corrected chi connectivity index (χ1v) is 10.5. The number of likely N-dealkylation sites (tertiary alicyclic amines) is 1. The van der Waals surface area contributed by atoms with Crippen LogP contribution in [0.5, 0.6) is 0 Å². The molecule has 2 saturated heterocycles. The Morgan fingerprint density at radius 3 is 3.13 bits per heavy atom. The predicted molar refractivity (Wildman–Crippen MR) is 114 cm³/mol. The number of fused-ring (bicyclic) bond motifs is 1. The predicted octanol–water partition coefficient (Wildman–Crippen LogP) is 3.83. The van der Waals surface area contributed by atoms with Gasteiger partial charge in [0, 0.05) is 53.2 Å². The molecule has 2 atom stereocenters. The van der Waals surface area contributed by atoms with Gasteiger partial charge in [-0.15, -0.1) is 0 Å². The Hall–Kier alpha value is -2.91. The van der Waals surface area contributed by atoms with Crippen molar-refractivity contribution in [3.63, 3.8) is 0 Å². The minimum absolute atomic E-state index is 0.103. The number of carbonyl (C=O) groups is 1. The molecule has 10 heteroatoms. The van der Waals surface area contributed by atoms with E-state index in [0.29, 0.717) is 43.6 Å². The quantitative estimate of drug-likeness (QED) is 0.634. The lowest BCUT2D eigenvalue weighted by atomic mass is 10.1. The summed E-state index contributed by atoms with van der Waals surface area (Å²) in [6.07, 6.45) is 3.76. The normalized spacial score (nSPS) is 21.0. The third-order valence-electron chi connectivity index (χ3n) is 5.57. The van der Waals surface area contributed by atoms with Crippen LogP contribution in [-0.4, -0.2) is 64.4 Å². The second-order valence-electron chi connectivity index (χ2n) is 7.73. The van der Waals surface area contributed by atoms with E-state index in [4.69, 9.17) is 21.1 Å². The minimum atomic E-state index is -0.550. The van der Waals surface area contributed by atoms with Gasteiger partial charge in [0.2, 0.25) is 0 Å². The highest BCUT2D eigenvalue weighted by atomic mass is 35.5. The molecule has 0 radical (unpaired) electrons. The van der Waals surface area contributed by atoms with Crippen LogP contribution in [0.25, 0.3) is 22.3 Å². The van der Waals surface area contributed by atoms with E-state index in [1.54, 1.807) is 17.2 Å². The van der Waals surface area contributed by atoms with E-state index < -0.39 is 5.82 Å². The summed E-state index contributed by atoms with van der Waals surface area (Å²) in [6, 6.07) is 5.34. The molecular formula is C21H21ClFN5O3. The zero-order valence-corrected chi connectivity index (χ0v) is 17.4. The Bertz CT molecular complexity index is 1120. The molecular weight excluding hydrogens is 425 g/mol. The van der Waals surface area contributed by atoms with Crippen molar-refractivity contribution in [2.45, 2.75) is 25.0 Å².